The van der Waals surface area contributed by atoms with E-state index in [-0.39, 0.29) is 16.9 Å². The predicted molar refractivity (Wildman–Crippen MR) is 58.2 cm³/mol. The van der Waals surface area contributed by atoms with Crippen LogP contribution in [0.4, 0.5) is 13.2 Å². The van der Waals surface area contributed by atoms with Crippen LogP contribution >= 0.6 is 0 Å². The SMILES string of the molecule is Cc1cc(O)cc(-c2c(F)cc(F)cc2F)c1. The lowest BCUT2D eigenvalue weighted by molar-refractivity contribution is 0.475. The van der Waals surface area contributed by atoms with Gasteiger partial charge in [0, 0.05) is 12.1 Å². The van der Waals surface area contributed by atoms with E-state index in [4.69, 9.17) is 0 Å². The van der Waals surface area contributed by atoms with E-state index < -0.39 is 17.5 Å². The Morgan fingerprint density at radius 1 is 0.882 bits per heavy atom. The number of rotatable bonds is 1. The molecule has 0 fully saturated rings. The number of hydrogen-bond acceptors (Lipinski definition) is 1. The largest absolute Gasteiger partial charge is 0.508 e. The summed E-state index contributed by atoms with van der Waals surface area (Å²) in [6.07, 6.45) is 0. The first kappa shape index (κ1) is 11.5. The molecule has 0 aliphatic heterocycles. The zero-order valence-electron chi connectivity index (χ0n) is 8.97. The Balaban J connectivity index is 2.68. The van der Waals surface area contributed by atoms with Gasteiger partial charge in [-0.25, -0.2) is 13.2 Å². The number of benzene rings is 2. The average molecular weight is 238 g/mol. The summed E-state index contributed by atoms with van der Waals surface area (Å²) in [4.78, 5) is 0. The standard InChI is InChI=1S/C13H9F3O/c1-7-2-8(4-10(17)3-7)13-11(15)5-9(14)6-12(13)16/h2-6,17H,1H3. The molecule has 2 aromatic carbocycles. The normalized spacial score (nSPS) is 10.6. The molecule has 0 aliphatic rings. The van der Waals surface area contributed by atoms with Crippen LogP contribution in [0.5, 0.6) is 5.75 Å². The summed E-state index contributed by atoms with van der Waals surface area (Å²) in [5, 5.41) is 9.37. The van der Waals surface area contributed by atoms with E-state index in [0.717, 1.165) is 0 Å². The number of phenols is 1. The maximum Gasteiger partial charge on any atom is 0.136 e. The van der Waals surface area contributed by atoms with Crippen LogP contribution in [0.1, 0.15) is 5.56 Å². The highest BCUT2D eigenvalue weighted by Crippen LogP contribution is 2.30. The van der Waals surface area contributed by atoms with Gasteiger partial charge in [-0.2, -0.15) is 0 Å². The van der Waals surface area contributed by atoms with Crippen molar-refractivity contribution >= 4 is 0 Å². The van der Waals surface area contributed by atoms with E-state index in [2.05, 4.69) is 0 Å². The highest BCUT2D eigenvalue weighted by molar-refractivity contribution is 5.67. The van der Waals surface area contributed by atoms with Crippen LogP contribution in [0, 0.1) is 24.4 Å². The number of aromatic hydroxyl groups is 1. The molecule has 0 amide bonds. The highest BCUT2D eigenvalue weighted by atomic mass is 19.1. The van der Waals surface area contributed by atoms with E-state index in [1.807, 2.05) is 0 Å². The Bertz CT molecular complexity index is 536. The van der Waals surface area contributed by atoms with Crippen molar-refractivity contribution in [2.75, 3.05) is 0 Å². The molecular formula is C13H9F3O. The third-order valence-electron chi connectivity index (χ3n) is 2.36. The molecule has 1 nitrogen and oxygen atoms in total. The van der Waals surface area contributed by atoms with Gasteiger partial charge < -0.3 is 5.11 Å². The quantitative estimate of drug-likeness (QED) is 0.801. The van der Waals surface area contributed by atoms with Gasteiger partial charge in [0.25, 0.3) is 0 Å². The molecule has 0 saturated carbocycles. The van der Waals surface area contributed by atoms with Crippen molar-refractivity contribution in [1.29, 1.82) is 0 Å². The smallest absolute Gasteiger partial charge is 0.136 e. The maximum atomic E-state index is 13.5. The van der Waals surface area contributed by atoms with Crippen molar-refractivity contribution in [3.05, 3.63) is 53.3 Å². The number of phenolic OH excluding ortho intramolecular Hbond substituents is 1. The Morgan fingerprint density at radius 3 is 2.00 bits per heavy atom. The van der Waals surface area contributed by atoms with Gasteiger partial charge in [-0.1, -0.05) is 6.07 Å². The maximum absolute atomic E-state index is 13.5. The van der Waals surface area contributed by atoms with Crippen LogP contribution in [0.15, 0.2) is 30.3 Å². The van der Waals surface area contributed by atoms with E-state index in [0.29, 0.717) is 17.7 Å². The van der Waals surface area contributed by atoms with Gasteiger partial charge >= 0.3 is 0 Å². The summed E-state index contributed by atoms with van der Waals surface area (Å²) in [6.45, 7) is 1.68. The van der Waals surface area contributed by atoms with Gasteiger partial charge in [0.05, 0.1) is 5.56 Å². The van der Waals surface area contributed by atoms with Crippen molar-refractivity contribution < 1.29 is 18.3 Å². The summed E-state index contributed by atoms with van der Waals surface area (Å²) in [6, 6.07) is 5.42. The molecule has 4 heteroatoms. The van der Waals surface area contributed by atoms with Gasteiger partial charge in [0.1, 0.15) is 23.2 Å². The van der Waals surface area contributed by atoms with E-state index in [1.54, 1.807) is 6.92 Å². The van der Waals surface area contributed by atoms with Gasteiger partial charge in [0.2, 0.25) is 0 Å². The van der Waals surface area contributed by atoms with Crippen LogP contribution in [-0.2, 0) is 0 Å². The lowest BCUT2D eigenvalue weighted by Gasteiger charge is -2.07. The molecule has 0 spiro atoms. The lowest BCUT2D eigenvalue weighted by Crippen LogP contribution is -1.92. The minimum atomic E-state index is -0.993. The van der Waals surface area contributed by atoms with Crippen molar-refractivity contribution in [1.82, 2.24) is 0 Å². The molecule has 0 heterocycles. The first-order valence-electron chi connectivity index (χ1n) is 4.93. The Kier molecular flexibility index (Phi) is 2.79. The number of hydrogen-bond donors (Lipinski definition) is 1. The minimum Gasteiger partial charge on any atom is -0.508 e. The van der Waals surface area contributed by atoms with Crippen LogP contribution < -0.4 is 0 Å². The highest BCUT2D eigenvalue weighted by Gasteiger charge is 2.14. The van der Waals surface area contributed by atoms with Crippen molar-refractivity contribution in [3.63, 3.8) is 0 Å². The molecule has 0 bridgehead atoms. The summed E-state index contributed by atoms with van der Waals surface area (Å²) >= 11 is 0. The number of aryl methyl sites for hydroxylation is 1. The molecule has 0 saturated heterocycles. The molecule has 1 N–H and O–H groups in total. The fraction of sp³-hybridized carbons (Fsp3) is 0.0769. The summed E-state index contributed by atoms with van der Waals surface area (Å²) in [5.41, 5.74) is 0.492. The van der Waals surface area contributed by atoms with Crippen LogP contribution in [0.3, 0.4) is 0 Å². The fourth-order valence-electron chi connectivity index (χ4n) is 1.73. The average Bonchev–Trinajstić information content (AvgIpc) is 2.13. The molecule has 88 valence electrons. The third-order valence-corrected chi connectivity index (χ3v) is 2.36. The van der Waals surface area contributed by atoms with E-state index in [1.165, 1.54) is 18.2 Å². The monoisotopic (exact) mass is 238 g/mol. The van der Waals surface area contributed by atoms with Gasteiger partial charge in [-0.3, -0.25) is 0 Å². The second-order valence-electron chi connectivity index (χ2n) is 3.80. The molecular weight excluding hydrogens is 229 g/mol. The van der Waals surface area contributed by atoms with E-state index in [9.17, 15) is 18.3 Å². The summed E-state index contributed by atoms with van der Waals surface area (Å²) in [7, 11) is 0. The summed E-state index contributed by atoms with van der Waals surface area (Å²) < 4.78 is 39.8. The van der Waals surface area contributed by atoms with E-state index >= 15 is 0 Å². The Morgan fingerprint density at radius 2 is 1.47 bits per heavy atom. The first-order chi connectivity index (χ1) is 7.97. The molecule has 0 radical (unpaired) electrons. The van der Waals surface area contributed by atoms with Gasteiger partial charge in [0.15, 0.2) is 0 Å². The van der Waals surface area contributed by atoms with Crippen LogP contribution in [0.2, 0.25) is 0 Å². The zero-order chi connectivity index (χ0) is 12.6. The van der Waals surface area contributed by atoms with Crippen molar-refractivity contribution in [2.45, 2.75) is 6.92 Å². The van der Waals surface area contributed by atoms with Crippen LogP contribution in [-0.4, -0.2) is 5.11 Å². The van der Waals surface area contributed by atoms with Crippen molar-refractivity contribution in [3.8, 4) is 16.9 Å². The lowest BCUT2D eigenvalue weighted by atomic mass is 10.0. The Hall–Kier alpha value is -1.97. The topological polar surface area (TPSA) is 20.2 Å². The zero-order valence-corrected chi connectivity index (χ0v) is 8.97. The Labute approximate surface area is 96.1 Å². The van der Waals surface area contributed by atoms with Crippen LogP contribution in [0.25, 0.3) is 11.1 Å². The molecule has 0 aliphatic carbocycles. The first-order valence-corrected chi connectivity index (χ1v) is 4.93. The summed E-state index contributed by atoms with van der Waals surface area (Å²) in [5.74, 6) is -3.05. The fourth-order valence-corrected chi connectivity index (χ4v) is 1.73. The molecule has 17 heavy (non-hydrogen) atoms. The second kappa shape index (κ2) is 4.13. The molecule has 2 rings (SSSR count). The molecule has 0 atom stereocenters. The van der Waals surface area contributed by atoms with Gasteiger partial charge in [-0.05, 0) is 30.2 Å². The molecule has 0 aromatic heterocycles. The van der Waals surface area contributed by atoms with Gasteiger partial charge in [-0.15, -0.1) is 0 Å². The number of halogens is 3. The molecule has 2 aromatic rings. The second-order valence-corrected chi connectivity index (χ2v) is 3.80. The van der Waals surface area contributed by atoms with Crippen molar-refractivity contribution in [2.24, 2.45) is 0 Å². The third kappa shape index (κ3) is 2.25. The minimum absolute atomic E-state index is 0.0943. The predicted octanol–water partition coefficient (Wildman–Crippen LogP) is 3.78. The molecule has 0 unspecified atom stereocenters.